The van der Waals surface area contributed by atoms with Gasteiger partial charge in [-0.05, 0) is 42.3 Å². The van der Waals surface area contributed by atoms with Crippen LogP contribution in [0.1, 0.15) is 18.9 Å². The number of aryl methyl sites for hydroxylation is 1. The summed E-state index contributed by atoms with van der Waals surface area (Å²) in [6.07, 6.45) is 1.86. The van der Waals surface area contributed by atoms with Crippen LogP contribution in [0.2, 0.25) is 0 Å². The number of aromatic hydroxyl groups is 1. The van der Waals surface area contributed by atoms with Crippen LogP contribution in [0.5, 0.6) is 17.2 Å². The fourth-order valence-electron chi connectivity index (χ4n) is 1.72. The predicted molar refractivity (Wildman–Crippen MR) is 68.6 cm³/mol. The second kappa shape index (κ2) is 5.39. The highest BCUT2D eigenvalue weighted by atomic mass is 16.5. The minimum absolute atomic E-state index is 0.340. The number of phenols is 1. The van der Waals surface area contributed by atoms with Gasteiger partial charge in [-0.2, -0.15) is 0 Å². The molecule has 0 radical (unpaired) electrons. The van der Waals surface area contributed by atoms with Crippen LogP contribution < -0.4 is 4.74 Å². The smallest absolute Gasteiger partial charge is 0.127 e. The summed E-state index contributed by atoms with van der Waals surface area (Å²) < 4.78 is 5.71. The van der Waals surface area contributed by atoms with Crippen molar-refractivity contribution in [3.05, 3.63) is 54.1 Å². The molecule has 2 nitrogen and oxygen atoms in total. The van der Waals surface area contributed by atoms with Gasteiger partial charge in [0.2, 0.25) is 0 Å². The lowest BCUT2D eigenvalue weighted by molar-refractivity contribution is 0.457. The van der Waals surface area contributed by atoms with Gasteiger partial charge in [-0.3, -0.25) is 0 Å². The highest BCUT2D eigenvalue weighted by molar-refractivity contribution is 5.41. The van der Waals surface area contributed by atoms with Crippen molar-refractivity contribution in [3.63, 3.8) is 0 Å². The monoisotopic (exact) mass is 228 g/mol. The van der Waals surface area contributed by atoms with Crippen molar-refractivity contribution in [2.24, 2.45) is 0 Å². The molecule has 0 bridgehead atoms. The van der Waals surface area contributed by atoms with E-state index in [2.05, 4.69) is 6.92 Å². The molecule has 17 heavy (non-hydrogen) atoms. The van der Waals surface area contributed by atoms with Crippen molar-refractivity contribution in [1.29, 1.82) is 0 Å². The second-order valence-electron chi connectivity index (χ2n) is 3.96. The summed E-state index contributed by atoms with van der Waals surface area (Å²) in [5, 5.41) is 9.68. The highest BCUT2D eigenvalue weighted by Gasteiger charge is 2.03. The van der Waals surface area contributed by atoms with Crippen LogP contribution in [-0.4, -0.2) is 5.11 Å². The van der Waals surface area contributed by atoms with E-state index >= 15 is 0 Å². The summed E-state index contributed by atoms with van der Waals surface area (Å²) in [5.74, 6) is 1.91. The van der Waals surface area contributed by atoms with E-state index in [0.29, 0.717) is 5.75 Å². The van der Waals surface area contributed by atoms with E-state index in [9.17, 15) is 5.11 Å². The minimum Gasteiger partial charge on any atom is -0.508 e. The first-order valence-corrected chi connectivity index (χ1v) is 5.84. The van der Waals surface area contributed by atoms with Crippen molar-refractivity contribution in [1.82, 2.24) is 0 Å². The molecule has 88 valence electrons. The van der Waals surface area contributed by atoms with Gasteiger partial charge in [0.25, 0.3) is 0 Å². The van der Waals surface area contributed by atoms with Gasteiger partial charge in [0.1, 0.15) is 17.2 Å². The third kappa shape index (κ3) is 3.00. The zero-order valence-electron chi connectivity index (χ0n) is 9.89. The maximum Gasteiger partial charge on any atom is 0.127 e. The zero-order valence-corrected chi connectivity index (χ0v) is 9.89. The van der Waals surface area contributed by atoms with E-state index in [1.807, 2.05) is 36.4 Å². The normalized spacial score (nSPS) is 10.2. The molecule has 0 unspecified atom stereocenters. The molecule has 0 aliphatic carbocycles. The molecular weight excluding hydrogens is 212 g/mol. The van der Waals surface area contributed by atoms with Gasteiger partial charge in [0.15, 0.2) is 0 Å². The van der Waals surface area contributed by atoms with Crippen molar-refractivity contribution < 1.29 is 9.84 Å². The Bertz CT molecular complexity index is 478. The van der Waals surface area contributed by atoms with Gasteiger partial charge in [0.05, 0.1) is 0 Å². The van der Waals surface area contributed by atoms with Crippen molar-refractivity contribution in [3.8, 4) is 17.2 Å². The summed E-state index contributed by atoms with van der Waals surface area (Å²) in [6.45, 7) is 2.09. The summed E-state index contributed by atoms with van der Waals surface area (Å²) in [6, 6.07) is 15.0. The maximum absolute atomic E-state index is 9.68. The van der Waals surface area contributed by atoms with E-state index in [-0.39, 0.29) is 0 Å². The average Bonchev–Trinajstić information content (AvgIpc) is 2.35. The molecule has 1 N–H and O–H groups in total. The van der Waals surface area contributed by atoms with Crippen LogP contribution in [0.25, 0.3) is 0 Å². The molecule has 2 heteroatoms. The van der Waals surface area contributed by atoms with E-state index in [1.165, 1.54) is 0 Å². The van der Waals surface area contributed by atoms with Crippen LogP contribution in [0.4, 0.5) is 0 Å². The fourth-order valence-corrected chi connectivity index (χ4v) is 1.72. The fraction of sp³-hybridized carbons (Fsp3) is 0.200. The van der Waals surface area contributed by atoms with Crippen LogP contribution in [0, 0.1) is 0 Å². The van der Waals surface area contributed by atoms with Gasteiger partial charge in [0, 0.05) is 0 Å². The predicted octanol–water partition coefficient (Wildman–Crippen LogP) is 4.14. The molecule has 0 saturated carbocycles. The molecule has 0 aliphatic rings. The van der Waals surface area contributed by atoms with Gasteiger partial charge >= 0.3 is 0 Å². The summed E-state index contributed by atoms with van der Waals surface area (Å²) in [5.41, 5.74) is 0.931. The first kappa shape index (κ1) is 11.5. The topological polar surface area (TPSA) is 29.5 Å². The van der Waals surface area contributed by atoms with Crippen LogP contribution >= 0.6 is 0 Å². The maximum atomic E-state index is 9.68. The van der Waals surface area contributed by atoms with E-state index < -0.39 is 0 Å². The quantitative estimate of drug-likeness (QED) is 0.852. The van der Waals surface area contributed by atoms with Gasteiger partial charge in [-0.1, -0.05) is 31.5 Å². The van der Waals surface area contributed by atoms with Crippen molar-refractivity contribution >= 4 is 0 Å². The molecule has 0 fully saturated rings. The molecule has 2 aromatic rings. The molecule has 0 amide bonds. The average molecular weight is 228 g/mol. The summed E-state index contributed by atoms with van der Waals surface area (Å²) in [7, 11) is 0. The Balaban J connectivity index is 2.19. The molecule has 0 heterocycles. The minimum atomic E-state index is 0.340. The van der Waals surface area contributed by atoms with E-state index in [4.69, 9.17) is 4.74 Å². The van der Waals surface area contributed by atoms with Crippen LogP contribution in [-0.2, 0) is 6.42 Å². The molecule has 2 rings (SSSR count). The van der Waals surface area contributed by atoms with E-state index in [0.717, 1.165) is 29.9 Å². The van der Waals surface area contributed by atoms with Gasteiger partial charge < -0.3 is 9.84 Å². The Morgan fingerprint density at radius 1 is 1.00 bits per heavy atom. The Hall–Kier alpha value is -1.96. The van der Waals surface area contributed by atoms with Crippen molar-refractivity contribution in [2.75, 3.05) is 0 Å². The Morgan fingerprint density at radius 3 is 2.47 bits per heavy atom. The summed E-state index contributed by atoms with van der Waals surface area (Å²) >= 11 is 0. The molecule has 2 aromatic carbocycles. The van der Waals surface area contributed by atoms with Gasteiger partial charge in [-0.25, -0.2) is 0 Å². The third-order valence-electron chi connectivity index (χ3n) is 2.55. The lowest BCUT2D eigenvalue weighted by Crippen LogP contribution is -1.88. The molecule has 0 saturated heterocycles. The highest BCUT2D eigenvalue weighted by Crippen LogP contribution is 2.27. The number of hydrogen-bond donors (Lipinski definition) is 1. The third-order valence-corrected chi connectivity index (χ3v) is 2.55. The number of phenolic OH excluding ortho intramolecular Hbond substituents is 1. The SMILES string of the molecule is CCCc1cc(Oc2ccccc2)ccc1O. The largest absolute Gasteiger partial charge is 0.508 e. The molecule has 0 spiro atoms. The number of benzene rings is 2. The lowest BCUT2D eigenvalue weighted by atomic mass is 10.1. The Kier molecular flexibility index (Phi) is 3.66. The first-order chi connectivity index (χ1) is 8.29. The zero-order chi connectivity index (χ0) is 12.1. The Morgan fingerprint density at radius 2 is 1.76 bits per heavy atom. The number of hydrogen-bond acceptors (Lipinski definition) is 2. The second-order valence-corrected chi connectivity index (χ2v) is 3.96. The lowest BCUT2D eigenvalue weighted by Gasteiger charge is -2.08. The molecule has 0 aromatic heterocycles. The number of para-hydroxylation sites is 1. The molecular formula is C15H16O2. The first-order valence-electron chi connectivity index (χ1n) is 5.84. The molecule has 0 atom stereocenters. The standard InChI is InChI=1S/C15H16O2/c1-2-6-12-11-14(9-10-15(12)16)17-13-7-4-3-5-8-13/h3-5,7-11,16H,2,6H2,1H3. The van der Waals surface area contributed by atoms with Gasteiger partial charge in [-0.15, -0.1) is 0 Å². The van der Waals surface area contributed by atoms with Crippen LogP contribution in [0.15, 0.2) is 48.5 Å². The summed E-state index contributed by atoms with van der Waals surface area (Å²) in [4.78, 5) is 0. The van der Waals surface area contributed by atoms with E-state index in [1.54, 1.807) is 12.1 Å². The van der Waals surface area contributed by atoms with Crippen LogP contribution in [0.3, 0.4) is 0 Å². The number of ether oxygens (including phenoxy) is 1. The van der Waals surface area contributed by atoms with Crippen molar-refractivity contribution in [2.45, 2.75) is 19.8 Å². The number of rotatable bonds is 4. The molecule has 0 aliphatic heterocycles. The Labute approximate surface area is 101 Å².